The van der Waals surface area contributed by atoms with Crippen LogP contribution in [0, 0.1) is 5.92 Å². The fourth-order valence-electron chi connectivity index (χ4n) is 3.16. The highest BCUT2D eigenvalue weighted by Gasteiger charge is 2.29. The van der Waals surface area contributed by atoms with Crippen LogP contribution in [0.2, 0.25) is 0 Å². The predicted octanol–water partition coefficient (Wildman–Crippen LogP) is 3.34. The van der Waals surface area contributed by atoms with Gasteiger partial charge in [-0.15, -0.1) is 0 Å². The summed E-state index contributed by atoms with van der Waals surface area (Å²) in [6.07, 6.45) is 9.19. The Morgan fingerprint density at radius 2 is 1.90 bits per heavy atom. The number of carbonyl (C=O) groups excluding carboxylic acids is 1. The van der Waals surface area contributed by atoms with Crippen molar-refractivity contribution in [3.05, 3.63) is 35.9 Å². The van der Waals surface area contributed by atoms with Crippen LogP contribution in [0.25, 0.3) is 0 Å². The van der Waals surface area contributed by atoms with E-state index in [9.17, 15) is 4.79 Å². The minimum Gasteiger partial charge on any atom is -0.354 e. The van der Waals surface area contributed by atoms with Crippen molar-refractivity contribution in [2.45, 2.75) is 57.4 Å². The van der Waals surface area contributed by atoms with Crippen molar-refractivity contribution in [2.75, 3.05) is 6.54 Å². The maximum Gasteiger partial charge on any atom is 0.244 e. The van der Waals surface area contributed by atoms with Crippen molar-refractivity contribution < 1.29 is 4.79 Å². The number of benzene rings is 1. The van der Waals surface area contributed by atoms with Crippen LogP contribution in [0.1, 0.15) is 57.4 Å². The molecule has 1 aliphatic rings. The van der Waals surface area contributed by atoms with E-state index in [1.54, 1.807) is 6.92 Å². The van der Waals surface area contributed by atoms with E-state index in [2.05, 4.69) is 5.32 Å². The monoisotopic (exact) mass is 288 g/mol. The van der Waals surface area contributed by atoms with Gasteiger partial charge in [0, 0.05) is 6.54 Å². The van der Waals surface area contributed by atoms with Crippen molar-refractivity contribution in [3.8, 4) is 0 Å². The van der Waals surface area contributed by atoms with Gasteiger partial charge in [-0.3, -0.25) is 4.79 Å². The first-order valence-corrected chi connectivity index (χ1v) is 8.23. The summed E-state index contributed by atoms with van der Waals surface area (Å²) >= 11 is 0. The molecule has 0 saturated heterocycles. The van der Waals surface area contributed by atoms with E-state index >= 15 is 0 Å². The van der Waals surface area contributed by atoms with Gasteiger partial charge in [0.25, 0.3) is 0 Å². The van der Waals surface area contributed by atoms with Gasteiger partial charge in [0.2, 0.25) is 5.91 Å². The molecule has 0 radical (unpaired) electrons. The zero-order valence-corrected chi connectivity index (χ0v) is 13.1. The Kier molecular flexibility index (Phi) is 5.80. The second-order valence-electron chi connectivity index (χ2n) is 6.47. The fraction of sp³-hybridized carbons (Fsp3) is 0.611. The molecule has 1 unspecified atom stereocenters. The predicted molar refractivity (Wildman–Crippen MR) is 86.8 cm³/mol. The number of hydrogen-bond donors (Lipinski definition) is 2. The Labute approximate surface area is 128 Å². The molecular formula is C18H28N2O. The lowest BCUT2D eigenvalue weighted by Crippen LogP contribution is -2.49. The molecule has 1 amide bonds. The molecule has 3 heteroatoms. The molecule has 0 spiro atoms. The number of rotatable bonds is 7. The summed E-state index contributed by atoms with van der Waals surface area (Å²) in [6.45, 7) is 2.50. The summed E-state index contributed by atoms with van der Waals surface area (Å²) in [4.78, 5) is 12.2. The molecule has 1 saturated carbocycles. The van der Waals surface area contributed by atoms with Crippen molar-refractivity contribution in [3.63, 3.8) is 0 Å². The van der Waals surface area contributed by atoms with E-state index in [-0.39, 0.29) is 5.91 Å². The van der Waals surface area contributed by atoms with Gasteiger partial charge in [-0.1, -0.05) is 68.9 Å². The molecule has 2 rings (SSSR count). The van der Waals surface area contributed by atoms with Crippen molar-refractivity contribution in [2.24, 2.45) is 11.7 Å². The lowest BCUT2D eigenvalue weighted by atomic mass is 9.92. The highest BCUT2D eigenvalue weighted by molar-refractivity contribution is 5.86. The molecule has 3 N–H and O–H groups in total. The number of amides is 1. The van der Waals surface area contributed by atoms with E-state index in [1.165, 1.54) is 38.5 Å². The molecule has 116 valence electrons. The first-order chi connectivity index (χ1) is 10.1. The maximum atomic E-state index is 12.2. The summed E-state index contributed by atoms with van der Waals surface area (Å²) in [5.74, 6) is 0.847. The molecule has 0 heterocycles. The van der Waals surface area contributed by atoms with Gasteiger partial charge >= 0.3 is 0 Å². The molecule has 1 aliphatic carbocycles. The topological polar surface area (TPSA) is 55.1 Å². The Morgan fingerprint density at radius 3 is 2.57 bits per heavy atom. The third-order valence-corrected chi connectivity index (χ3v) is 4.64. The molecule has 0 aromatic heterocycles. The van der Waals surface area contributed by atoms with Crippen LogP contribution in [-0.2, 0) is 10.3 Å². The molecule has 1 aromatic rings. The SMILES string of the molecule is CC(N)(C(=O)NCCCCC1CCCC1)c1ccccc1. The average Bonchev–Trinajstić information content (AvgIpc) is 3.01. The van der Waals surface area contributed by atoms with Gasteiger partial charge in [0.1, 0.15) is 5.54 Å². The minimum atomic E-state index is -0.952. The van der Waals surface area contributed by atoms with Crippen LogP contribution in [0.3, 0.4) is 0 Å². The van der Waals surface area contributed by atoms with Crippen LogP contribution >= 0.6 is 0 Å². The van der Waals surface area contributed by atoms with Crippen molar-refractivity contribution >= 4 is 5.91 Å². The van der Waals surface area contributed by atoms with Gasteiger partial charge in [0.05, 0.1) is 0 Å². The standard InChI is InChI=1S/C18H28N2O/c1-18(19,16-12-3-2-4-13-16)17(21)20-14-8-7-11-15-9-5-6-10-15/h2-4,12-13,15H,5-11,14,19H2,1H3,(H,20,21). The Hall–Kier alpha value is -1.35. The quantitative estimate of drug-likeness (QED) is 0.756. The summed E-state index contributed by atoms with van der Waals surface area (Å²) in [5, 5.41) is 2.98. The van der Waals surface area contributed by atoms with Gasteiger partial charge in [0.15, 0.2) is 0 Å². The molecule has 1 fully saturated rings. The van der Waals surface area contributed by atoms with Crippen molar-refractivity contribution in [1.29, 1.82) is 0 Å². The van der Waals surface area contributed by atoms with E-state index < -0.39 is 5.54 Å². The third kappa shape index (κ3) is 4.57. The highest BCUT2D eigenvalue weighted by atomic mass is 16.2. The zero-order chi connectivity index (χ0) is 15.1. The first kappa shape index (κ1) is 16.0. The lowest BCUT2D eigenvalue weighted by molar-refractivity contribution is -0.126. The van der Waals surface area contributed by atoms with E-state index in [0.29, 0.717) is 0 Å². The third-order valence-electron chi connectivity index (χ3n) is 4.64. The van der Waals surface area contributed by atoms with E-state index in [1.807, 2.05) is 30.3 Å². The number of nitrogens with two attached hydrogens (primary N) is 1. The lowest BCUT2D eigenvalue weighted by Gasteiger charge is -2.24. The summed E-state index contributed by atoms with van der Waals surface area (Å²) < 4.78 is 0. The number of nitrogens with one attached hydrogen (secondary N) is 1. The van der Waals surface area contributed by atoms with Crippen LogP contribution in [-0.4, -0.2) is 12.5 Å². The molecular weight excluding hydrogens is 260 g/mol. The molecule has 1 aromatic carbocycles. The second kappa shape index (κ2) is 7.60. The van der Waals surface area contributed by atoms with E-state index in [4.69, 9.17) is 5.73 Å². The Bertz CT molecular complexity index is 436. The second-order valence-corrected chi connectivity index (χ2v) is 6.47. The number of hydrogen-bond acceptors (Lipinski definition) is 2. The molecule has 21 heavy (non-hydrogen) atoms. The molecule has 1 atom stereocenters. The Balaban J connectivity index is 1.69. The average molecular weight is 288 g/mol. The van der Waals surface area contributed by atoms with Gasteiger partial charge in [-0.25, -0.2) is 0 Å². The first-order valence-electron chi connectivity index (χ1n) is 8.23. The van der Waals surface area contributed by atoms with Crippen LogP contribution in [0.15, 0.2) is 30.3 Å². The molecule has 3 nitrogen and oxygen atoms in total. The van der Waals surface area contributed by atoms with Gasteiger partial charge in [-0.2, -0.15) is 0 Å². The number of carbonyl (C=O) groups is 1. The summed E-state index contributed by atoms with van der Waals surface area (Å²) in [6, 6.07) is 9.56. The summed E-state index contributed by atoms with van der Waals surface area (Å²) in [5.41, 5.74) is 6.09. The number of unbranched alkanes of at least 4 members (excludes halogenated alkanes) is 1. The van der Waals surface area contributed by atoms with Crippen LogP contribution in [0.4, 0.5) is 0 Å². The Morgan fingerprint density at radius 1 is 1.24 bits per heavy atom. The zero-order valence-electron chi connectivity index (χ0n) is 13.1. The summed E-state index contributed by atoms with van der Waals surface area (Å²) in [7, 11) is 0. The molecule has 0 aliphatic heterocycles. The highest BCUT2D eigenvalue weighted by Crippen LogP contribution is 2.28. The van der Waals surface area contributed by atoms with Crippen LogP contribution < -0.4 is 11.1 Å². The fourth-order valence-corrected chi connectivity index (χ4v) is 3.16. The largest absolute Gasteiger partial charge is 0.354 e. The van der Waals surface area contributed by atoms with Crippen molar-refractivity contribution in [1.82, 2.24) is 5.32 Å². The smallest absolute Gasteiger partial charge is 0.244 e. The van der Waals surface area contributed by atoms with E-state index in [0.717, 1.165) is 24.4 Å². The van der Waals surface area contributed by atoms with Crippen LogP contribution in [0.5, 0.6) is 0 Å². The molecule has 0 bridgehead atoms. The van der Waals surface area contributed by atoms with Gasteiger partial charge < -0.3 is 11.1 Å². The normalized spacial score (nSPS) is 18.4. The van der Waals surface area contributed by atoms with Gasteiger partial charge in [-0.05, 0) is 24.8 Å². The maximum absolute atomic E-state index is 12.2. The minimum absolute atomic E-state index is 0.0884.